The molecule has 1 aliphatic heterocycles. The molecule has 2 unspecified atom stereocenters. The van der Waals surface area contributed by atoms with Crippen molar-refractivity contribution >= 4 is 23.2 Å². The van der Waals surface area contributed by atoms with Crippen LogP contribution in [0.3, 0.4) is 0 Å². The van der Waals surface area contributed by atoms with Crippen molar-refractivity contribution in [1.29, 1.82) is 0 Å². The van der Waals surface area contributed by atoms with Gasteiger partial charge in [-0.05, 0) is 23.9 Å². The van der Waals surface area contributed by atoms with Gasteiger partial charge >= 0.3 is 0 Å². The van der Waals surface area contributed by atoms with Gasteiger partial charge in [-0.2, -0.15) is 0 Å². The van der Waals surface area contributed by atoms with Gasteiger partial charge in [0.2, 0.25) is 11.8 Å². The van der Waals surface area contributed by atoms with Gasteiger partial charge in [0.15, 0.2) is 0 Å². The molecular weight excluding hydrogens is 284 g/mol. The molecule has 1 fully saturated rings. The number of rotatable bonds is 3. The van der Waals surface area contributed by atoms with Gasteiger partial charge in [0.25, 0.3) is 0 Å². The monoisotopic (exact) mass is 300 g/mol. The van der Waals surface area contributed by atoms with Crippen LogP contribution in [-0.4, -0.2) is 22.8 Å². The summed E-state index contributed by atoms with van der Waals surface area (Å²) in [5.41, 5.74) is 0.840. The summed E-state index contributed by atoms with van der Waals surface area (Å²) in [6.07, 6.45) is 0. The zero-order valence-electron chi connectivity index (χ0n) is 11.7. The van der Waals surface area contributed by atoms with E-state index in [1.165, 1.54) is 0 Å². The normalized spacial score (nSPS) is 22.2. The number of carbonyl (C=O) groups excluding carboxylic acids is 2. The Morgan fingerprint density at radius 1 is 1.14 bits per heavy atom. The molecule has 3 rings (SSSR count). The number of thiophene rings is 1. The number of benzene rings is 1. The highest BCUT2D eigenvalue weighted by atomic mass is 32.1. The summed E-state index contributed by atoms with van der Waals surface area (Å²) in [6, 6.07) is 12.3. The maximum absolute atomic E-state index is 12.5. The average Bonchev–Trinajstić information content (AvgIpc) is 2.98. The molecule has 1 N–H and O–H groups in total. The summed E-state index contributed by atoms with van der Waals surface area (Å²) in [6.45, 7) is 2.19. The van der Waals surface area contributed by atoms with E-state index in [2.05, 4.69) is 5.32 Å². The highest BCUT2D eigenvalue weighted by molar-refractivity contribution is 7.09. The fourth-order valence-corrected chi connectivity index (χ4v) is 3.28. The van der Waals surface area contributed by atoms with E-state index in [0.29, 0.717) is 6.54 Å². The Bertz CT molecular complexity index is 640. The highest BCUT2D eigenvalue weighted by Gasteiger charge is 2.39. The summed E-state index contributed by atoms with van der Waals surface area (Å²) < 4.78 is 0. The van der Waals surface area contributed by atoms with E-state index in [1.807, 2.05) is 47.8 Å². The molecular formula is C16H16N2O2S. The first kappa shape index (κ1) is 13.8. The number of hydrogen-bond donors (Lipinski definition) is 1. The second kappa shape index (κ2) is 5.69. The van der Waals surface area contributed by atoms with E-state index in [1.54, 1.807) is 23.2 Å². The number of piperazine rings is 1. The fourth-order valence-electron chi connectivity index (χ4n) is 2.58. The smallest absolute Gasteiger partial charge is 0.248 e. The lowest BCUT2D eigenvalue weighted by atomic mass is 10.00. The first-order valence-corrected chi connectivity index (χ1v) is 7.73. The Morgan fingerprint density at radius 2 is 1.90 bits per heavy atom. The van der Waals surface area contributed by atoms with Crippen molar-refractivity contribution in [1.82, 2.24) is 10.2 Å². The Labute approximate surface area is 127 Å². The number of nitrogens with zero attached hydrogens (tertiary/aromatic N) is 1. The van der Waals surface area contributed by atoms with Gasteiger partial charge in [0.1, 0.15) is 12.1 Å². The van der Waals surface area contributed by atoms with E-state index >= 15 is 0 Å². The van der Waals surface area contributed by atoms with Crippen molar-refractivity contribution in [3.8, 4) is 0 Å². The molecule has 1 aliphatic rings. The highest BCUT2D eigenvalue weighted by Crippen LogP contribution is 2.28. The van der Waals surface area contributed by atoms with Crippen LogP contribution in [0, 0.1) is 0 Å². The van der Waals surface area contributed by atoms with Crippen molar-refractivity contribution in [2.24, 2.45) is 0 Å². The third kappa shape index (κ3) is 2.69. The Morgan fingerprint density at radius 3 is 2.57 bits per heavy atom. The molecule has 108 valence electrons. The second-order valence-corrected chi connectivity index (χ2v) is 6.12. The van der Waals surface area contributed by atoms with Crippen LogP contribution in [-0.2, 0) is 16.1 Å². The maximum atomic E-state index is 12.5. The minimum Gasteiger partial charge on any atom is -0.342 e. The van der Waals surface area contributed by atoms with Crippen molar-refractivity contribution in [2.45, 2.75) is 25.6 Å². The second-order valence-electron chi connectivity index (χ2n) is 5.09. The predicted molar refractivity (Wildman–Crippen MR) is 81.7 cm³/mol. The first-order valence-electron chi connectivity index (χ1n) is 6.85. The van der Waals surface area contributed by atoms with Gasteiger partial charge in [0.05, 0.1) is 6.54 Å². The van der Waals surface area contributed by atoms with E-state index in [4.69, 9.17) is 0 Å². The SMILES string of the molecule is CC1NC(=O)C(c2ccccc2)N(Cc2cccs2)C1=O. The van der Waals surface area contributed by atoms with Crippen LogP contribution in [0.5, 0.6) is 0 Å². The van der Waals surface area contributed by atoms with Crippen molar-refractivity contribution in [2.75, 3.05) is 0 Å². The summed E-state index contributed by atoms with van der Waals surface area (Å²) in [5.74, 6) is -0.165. The van der Waals surface area contributed by atoms with Gasteiger partial charge in [-0.1, -0.05) is 36.4 Å². The Hall–Kier alpha value is -2.14. The lowest BCUT2D eigenvalue weighted by Gasteiger charge is -2.38. The van der Waals surface area contributed by atoms with Crippen LogP contribution in [0.25, 0.3) is 0 Å². The van der Waals surface area contributed by atoms with Gasteiger partial charge in [-0.15, -0.1) is 11.3 Å². The molecule has 4 nitrogen and oxygen atoms in total. The number of amides is 2. The number of nitrogens with one attached hydrogen (secondary N) is 1. The number of carbonyl (C=O) groups is 2. The molecule has 0 bridgehead atoms. The molecule has 1 saturated heterocycles. The van der Waals surface area contributed by atoms with E-state index in [-0.39, 0.29) is 11.8 Å². The Kier molecular flexibility index (Phi) is 3.75. The molecule has 2 atom stereocenters. The van der Waals surface area contributed by atoms with Crippen LogP contribution < -0.4 is 5.32 Å². The molecule has 2 amide bonds. The van der Waals surface area contributed by atoms with E-state index < -0.39 is 12.1 Å². The van der Waals surface area contributed by atoms with Gasteiger partial charge in [-0.3, -0.25) is 9.59 Å². The van der Waals surface area contributed by atoms with Crippen molar-refractivity contribution < 1.29 is 9.59 Å². The molecule has 21 heavy (non-hydrogen) atoms. The molecule has 1 aromatic carbocycles. The molecule has 0 spiro atoms. The summed E-state index contributed by atoms with van der Waals surface area (Å²) in [4.78, 5) is 27.6. The zero-order chi connectivity index (χ0) is 14.8. The van der Waals surface area contributed by atoms with Crippen molar-refractivity contribution in [3.05, 3.63) is 58.3 Å². The molecule has 0 saturated carbocycles. The summed E-state index contributed by atoms with van der Waals surface area (Å²) in [5, 5.41) is 4.74. The van der Waals surface area contributed by atoms with Crippen LogP contribution in [0.1, 0.15) is 23.4 Å². The van der Waals surface area contributed by atoms with Gasteiger partial charge in [0, 0.05) is 4.88 Å². The largest absolute Gasteiger partial charge is 0.342 e. The number of hydrogen-bond acceptors (Lipinski definition) is 3. The topological polar surface area (TPSA) is 49.4 Å². The van der Waals surface area contributed by atoms with Crippen LogP contribution in [0.2, 0.25) is 0 Å². The van der Waals surface area contributed by atoms with Gasteiger partial charge in [-0.25, -0.2) is 0 Å². The minimum absolute atomic E-state index is 0.0446. The fraction of sp³-hybridized carbons (Fsp3) is 0.250. The van der Waals surface area contributed by atoms with Crippen LogP contribution in [0.15, 0.2) is 47.8 Å². The molecule has 0 radical (unpaired) electrons. The summed E-state index contributed by atoms with van der Waals surface area (Å²) in [7, 11) is 0. The van der Waals surface area contributed by atoms with Crippen molar-refractivity contribution in [3.63, 3.8) is 0 Å². The molecule has 1 aromatic heterocycles. The third-order valence-corrected chi connectivity index (χ3v) is 4.46. The molecule has 5 heteroatoms. The first-order chi connectivity index (χ1) is 10.2. The van der Waals surface area contributed by atoms with Crippen LogP contribution >= 0.6 is 11.3 Å². The average molecular weight is 300 g/mol. The minimum atomic E-state index is -0.558. The standard InChI is InChI=1S/C16H16N2O2S/c1-11-16(20)18(10-13-8-5-9-21-13)14(15(19)17-11)12-6-3-2-4-7-12/h2-9,11,14H,10H2,1H3,(H,17,19). The zero-order valence-corrected chi connectivity index (χ0v) is 12.5. The van der Waals surface area contributed by atoms with E-state index in [9.17, 15) is 9.59 Å². The van der Waals surface area contributed by atoms with Gasteiger partial charge < -0.3 is 10.2 Å². The molecule has 2 heterocycles. The lowest BCUT2D eigenvalue weighted by molar-refractivity contribution is -0.149. The van der Waals surface area contributed by atoms with E-state index in [0.717, 1.165) is 10.4 Å². The third-order valence-electron chi connectivity index (χ3n) is 3.59. The van der Waals surface area contributed by atoms with Crippen LogP contribution in [0.4, 0.5) is 0 Å². The Balaban J connectivity index is 1.96. The predicted octanol–water partition coefficient (Wildman–Crippen LogP) is 2.34. The molecule has 2 aromatic rings. The lowest BCUT2D eigenvalue weighted by Crippen LogP contribution is -2.57. The molecule has 0 aliphatic carbocycles. The maximum Gasteiger partial charge on any atom is 0.248 e. The quantitative estimate of drug-likeness (QED) is 0.946. The summed E-state index contributed by atoms with van der Waals surface area (Å²) >= 11 is 1.59.